The van der Waals surface area contributed by atoms with Crippen LogP contribution in [0.5, 0.6) is 0 Å². The van der Waals surface area contributed by atoms with Gasteiger partial charge in [0.05, 0.1) is 17.0 Å². The number of ether oxygens (including phenoxy) is 1. The molecule has 0 saturated carbocycles. The van der Waals surface area contributed by atoms with E-state index in [-0.39, 0.29) is 4.90 Å². The minimum absolute atomic E-state index is 0.270. The second-order valence-corrected chi connectivity index (χ2v) is 7.55. The van der Waals surface area contributed by atoms with E-state index in [4.69, 9.17) is 4.74 Å². The Morgan fingerprint density at radius 1 is 1.50 bits per heavy atom. The smallest absolute Gasteiger partial charge is 0.242 e. The van der Waals surface area contributed by atoms with Crippen LogP contribution in [0.25, 0.3) is 0 Å². The van der Waals surface area contributed by atoms with Crippen LogP contribution < -0.4 is 10.0 Å². The summed E-state index contributed by atoms with van der Waals surface area (Å²) in [7, 11) is -3.51. The zero-order valence-corrected chi connectivity index (χ0v) is 13.0. The van der Waals surface area contributed by atoms with Crippen LogP contribution >= 0.6 is 0 Å². The predicted molar refractivity (Wildman–Crippen MR) is 76.9 cm³/mol. The van der Waals surface area contributed by atoms with Crippen molar-refractivity contribution in [2.75, 3.05) is 13.2 Å². The molecule has 0 spiro atoms. The van der Waals surface area contributed by atoms with Crippen LogP contribution in [0.2, 0.25) is 0 Å². The fourth-order valence-electron chi connectivity index (χ4n) is 2.12. The van der Waals surface area contributed by atoms with Gasteiger partial charge >= 0.3 is 0 Å². The van der Waals surface area contributed by atoms with E-state index in [2.05, 4.69) is 15.0 Å². The number of sulfonamides is 1. The van der Waals surface area contributed by atoms with Gasteiger partial charge < -0.3 is 15.0 Å². The van der Waals surface area contributed by atoms with Crippen molar-refractivity contribution in [2.45, 2.75) is 50.2 Å². The fourth-order valence-corrected chi connectivity index (χ4v) is 3.56. The van der Waals surface area contributed by atoms with Gasteiger partial charge in [0.1, 0.15) is 0 Å². The maximum absolute atomic E-state index is 12.3. The molecule has 1 aliphatic rings. The Labute approximate surface area is 120 Å². The minimum atomic E-state index is -3.51. The van der Waals surface area contributed by atoms with Crippen LogP contribution in [0, 0.1) is 0 Å². The molecule has 1 fully saturated rings. The Bertz CT molecular complexity index is 545. The molecule has 114 valence electrons. The van der Waals surface area contributed by atoms with Crippen LogP contribution in [-0.4, -0.2) is 38.2 Å². The van der Waals surface area contributed by atoms with Gasteiger partial charge in [-0.25, -0.2) is 13.1 Å². The highest BCUT2D eigenvalue weighted by Gasteiger charge is 2.34. The van der Waals surface area contributed by atoms with Gasteiger partial charge in [-0.05, 0) is 19.4 Å². The van der Waals surface area contributed by atoms with Crippen molar-refractivity contribution in [3.63, 3.8) is 0 Å². The number of aromatic nitrogens is 1. The number of rotatable bonds is 6. The first-order valence-electron chi connectivity index (χ1n) is 6.83. The molecule has 1 aliphatic heterocycles. The summed E-state index contributed by atoms with van der Waals surface area (Å²) < 4.78 is 32.7. The summed E-state index contributed by atoms with van der Waals surface area (Å²) in [4.78, 5) is 3.26. The molecular weight excluding hydrogens is 278 g/mol. The number of nitrogens with one attached hydrogen (secondary N) is 3. The number of hydrogen-bond donors (Lipinski definition) is 3. The molecule has 0 aromatic carbocycles. The van der Waals surface area contributed by atoms with E-state index in [1.807, 2.05) is 20.8 Å². The van der Waals surface area contributed by atoms with E-state index in [0.717, 1.165) is 5.69 Å². The maximum Gasteiger partial charge on any atom is 0.242 e. The molecule has 1 aromatic heterocycles. The van der Waals surface area contributed by atoms with Gasteiger partial charge in [-0.1, -0.05) is 13.8 Å². The molecule has 2 heterocycles. The van der Waals surface area contributed by atoms with Crippen LogP contribution in [0.4, 0.5) is 0 Å². The Balaban J connectivity index is 2.06. The Hall–Kier alpha value is -0.890. The molecule has 3 N–H and O–H groups in total. The second-order valence-electron chi connectivity index (χ2n) is 5.86. The van der Waals surface area contributed by atoms with E-state index < -0.39 is 15.6 Å². The van der Waals surface area contributed by atoms with Crippen LogP contribution in [0.1, 0.15) is 32.9 Å². The summed E-state index contributed by atoms with van der Waals surface area (Å²) in [6.45, 7) is 7.58. The number of hydrogen-bond acceptors (Lipinski definition) is 4. The first-order chi connectivity index (χ1) is 9.31. The third-order valence-corrected chi connectivity index (χ3v) is 4.94. The zero-order valence-electron chi connectivity index (χ0n) is 12.2. The molecule has 0 amide bonds. The molecule has 1 atom stereocenters. The standard InChI is InChI=1S/C13H23N3O3S/c1-10(2)14-7-11-6-12(8-15-11)20(17,18)16-13(3)4-5-19-9-13/h6,8,10,14-16H,4-5,7,9H2,1-3H3. The zero-order chi connectivity index (χ0) is 14.8. The first-order valence-corrected chi connectivity index (χ1v) is 8.31. The Morgan fingerprint density at radius 2 is 2.25 bits per heavy atom. The molecule has 1 saturated heterocycles. The van der Waals surface area contributed by atoms with Crippen molar-refractivity contribution in [1.29, 1.82) is 0 Å². The molecule has 1 aromatic rings. The van der Waals surface area contributed by atoms with Gasteiger partial charge in [-0.2, -0.15) is 0 Å². The lowest BCUT2D eigenvalue weighted by atomic mass is 10.0. The fraction of sp³-hybridized carbons (Fsp3) is 0.692. The summed E-state index contributed by atoms with van der Waals surface area (Å²) in [6, 6.07) is 2.02. The number of aromatic amines is 1. The summed E-state index contributed by atoms with van der Waals surface area (Å²) in [5.74, 6) is 0. The van der Waals surface area contributed by atoms with Crippen LogP contribution in [-0.2, 0) is 21.3 Å². The SMILES string of the molecule is CC(C)NCc1cc(S(=O)(=O)NC2(C)CCOC2)c[nH]1. The highest BCUT2D eigenvalue weighted by molar-refractivity contribution is 7.89. The minimum Gasteiger partial charge on any atom is -0.379 e. The van der Waals surface area contributed by atoms with Crippen LogP contribution in [0.3, 0.4) is 0 Å². The third kappa shape index (κ3) is 3.82. The van der Waals surface area contributed by atoms with Gasteiger partial charge in [0.15, 0.2) is 0 Å². The van der Waals surface area contributed by atoms with Crippen molar-refractivity contribution in [3.05, 3.63) is 18.0 Å². The van der Waals surface area contributed by atoms with Gasteiger partial charge in [0, 0.05) is 31.1 Å². The van der Waals surface area contributed by atoms with E-state index in [0.29, 0.717) is 32.2 Å². The molecule has 20 heavy (non-hydrogen) atoms. The monoisotopic (exact) mass is 301 g/mol. The van der Waals surface area contributed by atoms with E-state index in [1.54, 1.807) is 6.07 Å². The average Bonchev–Trinajstić information content (AvgIpc) is 2.95. The molecule has 2 rings (SSSR count). The lowest BCUT2D eigenvalue weighted by molar-refractivity contribution is 0.178. The summed E-state index contributed by atoms with van der Waals surface area (Å²) in [5, 5.41) is 3.24. The topological polar surface area (TPSA) is 83.2 Å². The average molecular weight is 301 g/mol. The summed E-state index contributed by atoms with van der Waals surface area (Å²) >= 11 is 0. The van der Waals surface area contributed by atoms with Gasteiger partial charge in [0.2, 0.25) is 10.0 Å². The van der Waals surface area contributed by atoms with Crippen molar-refractivity contribution < 1.29 is 13.2 Å². The lowest BCUT2D eigenvalue weighted by Gasteiger charge is -2.22. The molecule has 0 aliphatic carbocycles. The third-order valence-electron chi connectivity index (χ3n) is 3.33. The normalized spacial score (nSPS) is 23.6. The molecular formula is C13H23N3O3S. The van der Waals surface area contributed by atoms with Crippen molar-refractivity contribution in [3.8, 4) is 0 Å². The quantitative estimate of drug-likeness (QED) is 0.731. The molecule has 6 nitrogen and oxygen atoms in total. The summed E-state index contributed by atoms with van der Waals surface area (Å²) in [6.07, 6.45) is 2.22. The summed E-state index contributed by atoms with van der Waals surface area (Å²) in [5.41, 5.74) is 0.346. The Kier molecular flexibility index (Phi) is 4.53. The second kappa shape index (κ2) is 5.85. The molecule has 1 unspecified atom stereocenters. The van der Waals surface area contributed by atoms with E-state index in [1.165, 1.54) is 6.20 Å². The van der Waals surface area contributed by atoms with E-state index >= 15 is 0 Å². The highest BCUT2D eigenvalue weighted by Crippen LogP contribution is 2.21. The molecule has 0 radical (unpaired) electrons. The predicted octanol–water partition coefficient (Wildman–Crippen LogP) is 0.970. The van der Waals surface area contributed by atoms with Crippen molar-refractivity contribution >= 4 is 10.0 Å². The molecule has 0 bridgehead atoms. The van der Waals surface area contributed by atoms with Gasteiger partial charge in [0.25, 0.3) is 0 Å². The Morgan fingerprint density at radius 3 is 2.85 bits per heavy atom. The largest absolute Gasteiger partial charge is 0.379 e. The van der Waals surface area contributed by atoms with Gasteiger partial charge in [-0.3, -0.25) is 0 Å². The number of H-pyrrole nitrogens is 1. The van der Waals surface area contributed by atoms with E-state index in [9.17, 15) is 8.42 Å². The van der Waals surface area contributed by atoms with Crippen LogP contribution in [0.15, 0.2) is 17.2 Å². The highest BCUT2D eigenvalue weighted by atomic mass is 32.2. The van der Waals surface area contributed by atoms with Gasteiger partial charge in [-0.15, -0.1) is 0 Å². The van der Waals surface area contributed by atoms with Crippen molar-refractivity contribution in [2.24, 2.45) is 0 Å². The first kappa shape index (κ1) is 15.5. The lowest BCUT2D eigenvalue weighted by Crippen LogP contribution is -2.46. The molecule has 7 heteroatoms. The maximum atomic E-state index is 12.3. The van der Waals surface area contributed by atoms with Crippen molar-refractivity contribution in [1.82, 2.24) is 15.0 Å².